The molecular formula is C25H28N4. The highest BCUT2D eigenvalue weighted by Gasteiger charge is 2.39. The summed E-state index contributed by atoms with van der Waals surface area (Å²) in [5, 5.41) is 0. The number of aromatic nitrogens is 2. The van der Waals surface area contributed by atoms with Crippen LogP contribution in [0.5, 0.6) is 0 Å². The number of nitrogens with zero attached hydrogens (tertiary/aromatic N) is 4. The van der Waals surface area contributed by atoms with Gasteiger partial charge in [-0.05, 0) is 85.4 Å². The van der Waals surface area contributed by atoms with E-state index in [0.29, 0.717) is 12.0 Å². The molecule has 2 atom stereocenters. The summed E-state index contributed by atoms with van der Waals surface area (Å²) >= 11 is 0. The first-order valence-electron chi connectivity index (χ1n) is 10.7. The van der Waals surface area contributed by atoms with Crippen LogP contribution in [-0.2, 0) is 6.42 Å². The van der Waals surface area contributed by atoms with E-state index in [1.165, 1.54) is 47.3 Å². The largest absolute Gasteiger partial charge is 0.367 e. The molecule has 2 aliphatic heterocycles. The standard InChI is InChI=1S/C25H28N4/c1-28-14-3-5-24-23(18-28)22-16-21(20-8-12-26-13-9-20)6-7-25(22)29(24)15-10-19-4-2-11-27-17-19/h2,4,6-9,11-13,16-17,23-24H,3,5,10,14-15,18H2,1H3/t23-,24+/m0/s1. The summed E-state index contributed by atoms with van der Waals surface area (Å²) in [4.78, 5) is 13.7. The molecule has 1 fully saturated rings. The Morgan fingerprint density at radius 1 is 1.00 bits per heavy atom. The maximum Gasteiger partial charge on any atom is 0.0406 e. The highest BCUT2D eigenvalue weighted by atomic mass is 15.2. The number of rotatable bonds is 4. The maximum absolute atomic E-state index is 4.30. The lowest BCUT2D eigenvalue weighted by Crippen LogP contribution is -2.37. The Balaban J connectivity index is 1.49. The Bertz CT molecular complexity index is 957. The zero-order valence-electron chi connectivity index (χ0n) is 17.0. The van der Waals surface area contributed by atoms with Gasteiger partial charge in [0.25, 0.3) is 0 Å². The van der Waals surface area contributed by atoms with E-state index in [4.69, 9.17) is 0 Å². The predicted molar refractivity (Wildman–Crippen MR) is 118 cm³/mol. The van der Waals surface area contributed by atoms with Gasteiger partial charge in [-0.25, -0.2) is 0 Å². The van der Waals surface area contributed by atoms with Crippen molar-refractivity contribution in [1.82, 2.24) is 14.9 Å². The molecular weight excluding hydrogens is 356 g/mol. The van der Waals surface area contributed by atoms with E-state index < -0.39 is 0 Å². The van der Waals surface area contributed by atoms with E-state index in [0.717, 1.165) is 19.5 Å². The fourth-order valence-electron chi connectivity index (χ4n) is 5.10. The van der Waals surface area contributed by atoms with E-state index >= 15 is 0 Å². The number of likely N-dealkylation sites (N-methyl/N-ethyl adjacent to an activating group) is 1. The first-order chi connectivity index (χ1) is 14.3. The number of hydrogen-bond donors (Lipinski definition) is 0. The van der Waals surface area contributed by atoms with Gasteiger partial charge in [-0.1, -0.05) is 12.1 Å². The fourth-order valence-corrected chi connectivity index (χ4v) is 5.10. The lowest BCUT2D eigenvalue weighted by molar-refractivity contribution is 0.330. The molecule has 0 saturated carbocycles. The summed E-state index contributed by atoms with van der Waals surface area (Å²) in [7, 11) is 2.27. The summed E-state index contributed by atoms with van der Waals surface area (Å²) in [6.07, 6.45) is 11.2. The van der Waals surface area contributed by atoms with Gasteiger partial charge in [0.15, 0.2) is 0 Å². The molecule has 0 aliphatic carbocycles. The van der Waals surface area contributed by atoms with E-state index in [9.17, 15) is 0 Å². The van der Waals surface area contributed by atoms with Crippen LogP contribution >= 0.6 is 0 Å². The fraction of sp³-hybridized carbons (Fsp3) is 0.360. The molecule has 0 unspecified atom stereocenters. The van der Waals surface area contributed by atoms with Crippen LogP contribution in [0.4, 0.5) is 5.69 Å². The van der Waals surface area contributed by atoms with Crippen molar-refractivity contribution in [1.29, 1.82) is 0 Å². The second kappa shape index (κ2) is 7.96. The molecule has 4 heterocycles. The predicted octanol–water partition coefficient (Wildman–Crippen LogP) is 4.38. The molecule has 0 spiro atoms. The molecule has 29 heavy (non-hydrogen) atoms. The maximum atomic E-state index is 4.30. The molecule has 1 aromatic carbocycles. The van der Waals surface area contributed by atoms with Crippen LogP contribution in [0, 0.1) is 0 Å². The molecule has 1 saturated heterocycles. The molecule has 0 N–H and O–H groups in total. The molecule has 0 radical (unpaired) electrons. The SMILES string of the molecule is CN1CCC[C@@H]2[C@@H](C1)c1cc(-c3ccncc3)ccc1N2CCc1cccnc1. The number of pyridine rings is 2. The smallest absolute Gasteiger partial charge is 0.0406 e. The van der Waals surface area contributed by atoms with Gasteiger partial charge in [-0.15, -0.1) is 0 Å². The van der Waals surface area contributed by atoms with E-state index in [-0.39, 0.29) is 0 Å². The minimum atomic E-state index is 0.577. The van der Waals surface area contributed by atoms with Crippen LogP contribution in [0.2, 0.25) is 0 Å². The van der Waals surface area contributed by atoms with Gasteiger partial charge in [0.1, 0.15) is 0 Å². The van der Waals surface area contributed by atoms with Crippen LogP contribution in [-0.4, -0.2) is 47.6 Å². The van der Waals surface area contributed by atoms with Crippen molar-refractivity contribution in [2.75, 3.05) is 31.6 Å². The number of likely N-dealkylation sites (tertiary alicyclic amines) is 1. The third kappa shape index (κ3) is 3.65. The monoisotopic (exact) mass is 384 g/mol. The number of anilines is 1. The van der Waals surface area contributed by atoms with Gasteiger partial charge in [0, 0.05) is 55.5 Å². The summed E-state index contributed by atoms with van der Waals surface area (Å²) in [5.41, 5.74) is 6.80. The topological polar surface area (TPSA) is 32.3 Å². The zero-order chi connectivity index (χ0) is 19.6. The van der Waals surface area contributed by atoms with Crippen molar-refractivity contribution < 1.29 is 0 Å². The van der Waals surface area contributed by atoms with E-state index in [1.54, 1.807) is 0 Å². The van der Waals surface area contributed by atoms with Crippen LogP contribution in [0.15, 0.2) is 67.3 Å². The quantitative estimate of drug-likeness (QED) is 0.668. The van der Waals surface area contributed by atoms with Crippen molar-refractivity contribution >= 4 is 5.69 Å². The highest BCUT2D eigenvalue weighted by Crippen LogP contribution is 2.45. The third-order valence-electron chi connectivity index (χ3n) is 6.53. The Hall–Kier alpha value is -2.72. The van der Waals surface area contributed by atoms with Crippen molar-refractivity contribution in [2.45, 2.75) is 31.2 Å². The lowest BCUT2D eigenvalue weighted by atomic mass is 9.91. The average molecular weight is 385 g/mol. The molecule has 2 aromatic heterocycles. The summed E-state index contributed by atoms with van der Waals surface area (Å²) in [6, 6.07) is 16.1. The molecule has 2 aliphatic rings. The van der Waals surface area contributed by atoms with Gasteiger partial charge in [-0.3, -0.25) is 9.97 Å². The molecule has 5 rings (SSSR count). The first-order valence-corrected chi connectivity index (χ1v) is 10.7. The molecule has 148 valence electrons. The Morgan fingerprint density at radius 2 is 1.90 bits per heavy atom. The molecule has 4 nitrogen and oxygen atoms in total. The van der Waals surface area contributed by atoms with E-state index in [1.807, 2.05) is 30.9 Å². The minimum absolute atomic E-state index is 0.577. The number of fused-ring (bicyclic) bond motifs is 3. The average Bonchev–Trinajstić information content (AvgIpc) is 2.91. The van der Waals surface area contributed by atoms with Crippen molar-refractivity contribution in [2.24, 2.45) is 0 Å². The van der Waals surface area contributed by atoms with Crippen molar-refractivity contribution in [3.63, 3.8) is 0 Å². The highest BCUT2D eigenvalue weighted by molar-refractivity contribution is 5.72. The van der Waals surface area contributed by atoms with Gasteiger partial charge in [-0.2, -0.15) is 0 Å². The summed E-state index contributed by atoms with van der Waals surface area (Å²) in [6.45, 7) is 3.39. The van der Waals surface area contributed by atoms with Crippen LogP contribution in [0.3, 0.4) is 0 Å². The molecule has 4 heteroatoms. The normalized spacial score (nSPS) is 21.5. The Kier molecular flexibility index (Phi) is 5.03. The van der Waals surface area contributed by atoms with Gasteiger partial charge < -0.3 is 9.80 Å². The Morgan fingerprint density at radius 3 is 2.72 bits per heavy atom. The number of benzene rings is 1. The zero-order valence-corrected chi connectivity index (χ0v) is 17.0. The van der Waals surface area contributed by atoms with Crippen LogP contribution in [0.25, 0.3) is 11.1 Å². The summed E-state index contributed by atoms with van der Waals surface area (Å²) in [5.74, 6) is 0.577. The van der Waals surface area contributed by atoms with Crippen molar-refractivity contribution in [3.05, 3.63) is 78.4 Å². The second-order valence-electron chi connectivity index (χ2n) is 8.39. The molecule has 0 bridgehead atoms. The minimum Gasteiger partial charge on any atom is -0.367 e. The first kappa shape index (κ1) is 18.3. The lowest BCUT2D eigenvalue weighted by Gasteiger charge is -2.29. The van der Waals surface area contributed by atoms with Crippen LogP contribution < -0.4 is 4.90 Å². The molecule has 3 aromatic rings. The van der Waals surface area contributed by atoms with E-state index in [2.05, 4.69) is 63.2 Å². The number of hydrogen-bond acceptors (Lipinski definition) is 4. The van der Waals surface area contributed by atoms with Gasteiger partial charge in [0.2, 0.25) is 0 Å². The van der Waals surface area contributed by atoms with Crippen LogP contribution in [0.1, 0.15) is 29.9 Å². The van der Waals surface area contributed by atoms with Gasteiger partial charge >= 0.3 is 0 Å². The van der Waals surface area contributed by atoms with Gasteiger partial charge in [0.05, 0.1) is 0 Å². The summed E-state index contributed by atoms with van der Waals surface area (Å²) < 4.78 is 0. The molecule has 0 amide bonds. The third-order valence-corrected chi connectivity index (χ3v) is 6.53. The second-order valence-corrected chi connectivity index (χ2v) is 8.39. The van der Waals surface area contributed by atoms with Crippen molar-refractivity contribution in [3.8, 4) is 11.1 Å². The Labute approximate surface area is 173 Å².